The van der Waals surface area contributed by atoms with Gasteiger partial charge in [0.1, 0.15) is 17.7 Å². The van der Waals surface area contributed by atoms with Crippen LogP contribution in [0.2, 0.25) is 0 Å². The van der Waals surface area contributed by atoms with E-state index in [0.29, 0.717) is 5.75 Å². The minimum atomic E-state index is -0.749. The lowest BCUT2D eigenvalue weighted by Gasteiger charge is -2.34. The minimum absolute atomic E-state index is 0.150. The molecule has 1 saturated carbocycles. The van der Waals surface area contributed by atoms with Crippen molar-refractivity contribution in [2.24, 2.45) is 0 Å². The summed E-state index contributed by atoms with van der Waals surface area (Å²) < 4.78 is 5.33. The molecule has 1 fully saturated rings. The van der Waals surface area contributed by atoms with Crippen molar-refractivity contribution in [1.82, 2.24) is 10.2 Å². The Morgan fingerprint density at radius 3 is 2.55 bits per heavy atom. The molecule has 2 aromatic rings. The van der Waals surface area contributed by atoms with Gasteiger partial charge >= 0.3 is 0 Å². The Morgan fingerprint density at radius 2 is 1.87 bits per heavy atom. The van der Waals surface area contributed by atoms with Gasteiger partial charge in [-0.15, -0.1) is 11.6 Å². The van der Waals surface area contributed by atoms with Crippen molar-refractivity contribution in [3.8, 4) is 5.75 Å². The third-order valence-electron chi connectivity index (χ3n) is 5.92. The maximum Gasteiger partial charge on any atom is 0.247 e. The molecule has 0 aromatic heterocycles. The Balaban J connectivity index is 1.96. The number of methoxy groups -OCH3 is 1. The summed E-state index contributed by atoms with van der Waals surface area (Å²) in [5.74, 6) is 0.0808. The molecule has 6 heteroatoms. The fourth-order valence-electron chi connectivity index (χ4n) is 4.24. The fourth-order valence-corrected chi connectivity index (χ4v) is 4.39. The molecule has 0 aliphatic heterocycles. The lowest BCUT2D eigenvalue weighted by molar-refractivity contribution is -0.140. The summed E-state index contributed by atoms with van der Waals surface area (Å²) in [6, 6.07) is 14.6. The van der Waals surface area contributed by atoms with Crippen LogP contribution in [0.15, 0.2) is 48.5 Å². The first-order valence-corrected chi connectivity index (χ1v) is 11.4. The van der Waals surface area contributed by atoms with Crippen molar-refractivity contribution in [3.63, 3.8) is 0 Å². The predicted molar refractivity (Wildman–Crippen MR) is 123 cm³/mol. The highest BCUT2D eigenvalue weighted by atomic mass is 35.5. The van der Waals surface area contributed by atoms with E-state index in [4.69, 9.17) is 16.3 Å². The zero-order valence-electron chi connectivity index (χ0n) is 18.3. The van der Waals surface area contributed by atoms with Gasteiger partial charge in [0, 0.05) is 12.6 Å². The molecule has 0 unspecified atom stereocenters. The number of halogens is 1. The van der Waals surface area contributed by atoms with Gasteiger partial charge in [0.25, 0.3) is 0 Å². The van der Waals surface area contributed by atoms with Gasteiger partial charge in [0.05, 0.1) is 7.11 Å². The summed E-state index contributed by atoms with van der Waals surface area (Å²) in [7, 11) is 1.61. The molecular formula is C25H31ClN2O3. The second-order valence-electron chi connectivity index (χ2n) is 8.11. The average Bonchev–Trinajstić information content (AvgIpc) is 2.80. The maximum atomic E-state index is 13.6. The molecule has 166 valence electrons. The van der Waals surface area contributed by atoms with E-state index in [0.717, 1.165) is 42.4 Å². The number of ether oxygens (including phenoxy) is 1. The summed E-state index contributed by atoms with van der Waals surface area (Å²) >= 11 is 5.99. The molecule has 1 aliphatic carbocycles. The number of alkyl halides is 1. The van der Waals surface area contributed by atoms with Crippen LogP contribution in [0, 0.1) is 6.92 Å². The first-order chi connectivity index (χ1) is 15.0. The molecule has 31 heavy (non-hydrogen) atoms. The second-order valence-corrected chi connectivity index (χ2v) is 8.38. The zero-order valence-corrected chi connectivity index (χ0v) is 19.0. The van der Waals surface area contributed by atoms with Crippen molar-refractivity contribution in [3.05, 3.63) is 65.2 Å². The topological polar surface area (TPSA) is 58.6 Å². The molecule has 0 bridgehead atoms. The molecule has 1 N–H and O–H groups in total. The normalized spacial score (nSPS) is 15.2. The number of benzene rings is 2. The van der Waals surface area contributed by atoms with Gasteiger partial charge in [0.15, 0.2) is 0 Å². The van der Waals surface area contributed by atoms with Gasteiger partial charge in [-0.3, -0.25) is 9.59 Å². The Morgan fingerprint density at radius 1 is 1.13 bits per heavy atom. The minimum Gasteiger partial charge on any atom is -0.497 e. The van der Waals surface area contributed by atoms with Crippen molar-refractivity contribution >= 4 is 23.4 Å². The molecule has 2 amide bonds. The highest BCUT2D eigenvalue weighted by Crippen LogP contribution is 2.28. The van der Waals surface area contributed by atoms with E-state index in [-0.39, 0.29) is 30.3 Å². The first kappa shape index (κ1) is 23.1. The number of nitrogens with one attached hydrogen (secondary N) is 1. The van der Waals surface area contributed by atoms with Gasteiger partial charge in [-0.1, -0.05) is 55.7 Å². The molecule has 0 radical (unpaired) electrons. The molecule has 1 atom stereocenters. The molecule has 0 spiro atoms. The fraction of sp³-hybridized carbons (Fsp3) is 0.440. The summed E-state index contributed by atoms with van der Waals surface area (Å²) in [4.78, 5) is 28.1. The molecular weight excluding hydrogens is 412 g/mol. The highest BCUT2D eigenvalue weighted by molar-refractivity contribution is 6.27. The number of aryl methyl sites for hydroxylation is 1. The molecule has 5 nitrogen and oxygen atoms in total. The monoisotopic (exact) mass is 442 g/mol. The lowest BCUT2D eigenvalue weighted by Crippen LogP contribution is -2.47. The van der Waals surface area contributed by atoms with Gasteiger partial charge < -0.3 is 15.0 Å². The van der Waals surface area contributed by atoms with E-state index in [1.165, 1.54) is 6.42 Å². The highest BCUT2D eigenvalue weighted by Gasteiger charge is 2.33. The number of nitrogens with zero attached hydrogens (tertiary/aromatic N) is 1. The average molecular weight is 443 g/mol. The standard InChI is InChI=1S/C25H31ClN2O3/c1-18-9-6-7-14-22(18)24(25(30)27-20-11-4-3-5-12-20)28(23(29)16-26)17-19-10-8-13-21(15-19)31-2/h6-10,13-15,20,24H,3-5,11-12,16-17H2,1-2H3,(H,27,30)/t24-/m0/s1. The number of amides is 2. The Bertz CT molecular complexity index is 896. The van der Waals surface area contributed by atoms with Crippen LogP contribution in [0.1, 0.15) is 54.8 Å². The first-order valence-electron chi connectivity index (χ1n) is 10.9. The molecule has 0 heterocycles. The summed E-state index contributed by atoms with van der Waals surface area (Å²) in [6.07, 6.45) is 5.40. The predicted octanol–water partition coefficient (Wildman–Crippen LogP) is 4.76. The molecule has 1 aliphatic rings. The number of rotatable bonds is 8. The maximum absolute atomic E-state index is 13.6. The van der Waals surface area contributed by atoms with Gasteiger partial charge in [-0.2, -0.15) is 0 Å². The Hall–Kier alpha value is -2.53. The van der Waals surface area contributed by atoms with Crippen LogP contribution in [0.25, 0.3) is 0 Å². The number of carbonyl (C=O) groups excluding carboxylic acids is 2. The lowest BCUT2D eigenvalue weighted by atomic mass is 9.94. The van der Waals surface area contributed by atoms with E-state index in [1.807, 2.05) is 55.5 Å². The van der Waals surface area contributed by atoms with Crippen LogP contribution in [-0.4, -0.2) is 35.7 Å². The van der Waals surface area contributed by atoms with Crippen LogP contribution in [0.4, 0.5) is 0 Å². The van der Waals surface area contributed by atoms with Crippen molar-refractivity contribution in [1.29, 1.82) is 0 Å². The van der Waals surface area contributed by atoms with Crippen LogP contribution < -0.4 is 10.1 Å². The van der Waals surface area contributed by atoms with Crippen LogP contribution >= 0.6 is 11.6 Å². The van der Waals surface area contributed by atoms with E-state index in [9.17, 15) is 9.59 Å². The third-order valence-corrected chi connectivity index (χ3v) is 6.14. The SMILES string of the molecule is COc1cccc(CN(C(=O)CCl)[C@H](C(=O)NC2CCCCC2)c2ccccc2C)c1. The van der Waals surface area contributed by atoms with Gasteiger partial charge in [0.2, 0.25) is 11.8 Å². The van der Waals surface area contributed by atoms with Crippen molar-refractivity contribution in [2.45, 2.75) is 57.7 Å². The van der Waals surface area contributed by atoms with Gasteiger partial charge in [-0.25, -0.2) is 0 Å². The number of carbonyl (C=O) groups is 2. The van der Waals surface area contributed by atoms with Crippen LogP contribution in [-0.2, 0) is 16.1 Å². The zero-order chi connectivity index (χ0) is 22.2. The summed E-state index contributed by atoms with van der Waals surface area (Å²) in [6.45, 7) is 2.23. The summed E-state index contributed by atoms with van der Waals surface area (Å²) in [5, 5.41) is 3.21. The number of hydrogen-bond donors (Lipinski definition) is 1. The molecule has 3 rings (SSSR count). The number of hydrogen-bond acceptors (Lipinski definition) is 3. The van der Waals surface area contributed by atoms with Gasteiger partial charge in [-0.05, 0) is 48.6 Å². The van der Waals surface area contributed by atoms with Crippen molar-refractivity contribution < 1.29 is 14.3 Å². The molecule has 2 aromatic carbocycles. The quantitative estimate of drug-likeness (QED) is 0.599. The second kappa shape index (κ2) is 11.2. The van der Waals surface area contributed by atoms with E-state index >= 15 is 0 Å². The van der Waals surface area contributed by atoms with Crippen LogP contribution in [0.5, 0.6) is 5.75 Å². The van der Waals surface area contributed by atoms with E-state index in [1.54, 1.807) is 12.0 Å². The largest absolute Gasteiger partial charge is 0.497 e. The third kappa shape index (κ3) is 6.01. The Labute approximate surface area is 189 Å². The van der Waals surface area contributed by atoms with E-state index < -0.39 is 6.04 Å². The smallest absolute Gasteiger partial charge is 0.247 e. The van der Waals surface area contributed by atoms with Crippen molar-refractivity contribution in [2.75, 3.05) is 13.0 Å². The summed E-state index contributed by atoms with van der Waals surface area (Å²) in [5.41, 5.74) is 2.66. The van der Waals surface area contributed by atoms with Crippen LogP contribution in [0.3, 0.4) is 0 Å². The van der Waals surface area contributed by atoms with E-state index in [2.05, 4.69) is 5.32 Å². The Kier molecular flexibility index (Phi) is 8.35. The molecule has 0 saturated heterocycles.